The van der Waals surface area contributed by atoms with Crippen LogP contribution in [0.3, 0.4) is 0 Å². The molecule has 4 heteroatoms. The molecule has 0 radical (unpaired) electrons. The van der Waals surface area contributed by atoms with E-state index >= 15 is 0 Å². The van der Waals surface area contributed by atoms with E-state index in [-0.39, 0.29) is 6.10 Å². The molecule has 0 aromatic carbocycles. The summed E-state index contributed by atoms with van der Waals surface area (Å²) in [4.78, 5) is 0. The van der Waals surface area contributed by atoms with Gasteiger partial charge in [-0.2, -0.15) is 0 Å². The van der Waals surface area contributed by atoms with Crippen LogP contribution in [0.2, 0.25) is 0 Å². The molecule has 0 aliphatic heterocycles. The zero-order chi connectivity index (χ0) is 11.8. The molecule has 0 spiro atoms. The smallest absolute Gasteiger partial charge is 0.0928 e. The van der Waals surface area contributed by atoms with E-state index in [0.29, 0.717) is 12.6 Å². The van der Waals surface area contributed by atoms with E-state index in [9.17, 15) is 0 Å². The van der Waals surface area contributed by atoms with Crippen LogP contribution in [0.25, 0.3) is 0 Å². The highest BCUT2D eigenvalue weighted by atomic mass is 16.5. The topological polar surface area (TPSA) is 42.5 Å². The monoisotopic (exact) mass is 230 g/mol. The van der Waals surface area contributed by atoms with Crippen molar-refractivity contribution in [2.24, 2.45) is 5.92 Å². The Bertz CT molecular complexity index is 174. The van der Waals surface area contributed by atoms with Crippen molar-refractivity contribution < 1.29 is 9.47 Å². The van der Waals surface area contributed by atoms with Gasteiger partial charge in [0.15, 0.2) is 0 Å². The molecule has 1 aliphatic carbocycles. The lowest BCUT2D eigenvalue weighted by atomic mass is 10.2. The van der Waals surface area contributed by atoms with Crippen molar-refractivity contribution in [3.63, 3.8) is 0 Å². The molecule has 1 saturated carbocycles. The molecule has 1 aliphatic rings. The van der Waals surface area contributed by atoms with Crippen molar-refractivity contribution in [1.82, 2.24) is 10.6 Å². The van der Waals surface area contributed by atoms with Crippen LogP contribution < -0.4 is 10.6 Å². The van der Waals surface area contributed by atoms with E-state index in [0.717, 1.165) is 25.6 Å². The summed E-state index contributed by atoms with van der Waals surface area (Å²) < 4.78 is 10.3. The van der Waals surface area contributed by atoms with E-state index in [2.05, 4.69) is 17.6 Å². The van der Waals surface area contributed by atoms with Crippen molar-refractivity contribution in [2.45, 2.75) is 31.9 Å². The molecule has 0 heterocycles. The van der Waals surface area contributed by atoms with Crippen LogP contribution >= 0.6 is 0 Å². The number of hydrogen-bond donors (Lipinski definition) is 2. The molecule has 0 aromatic rings. The quantitative estimate of drug-likeness (QED) is 0.540. The number of nitrogens with one attached hydrogen (secondary N) is 2. The first-order chi connectivity index (χ1) is 7.77. The van der Waals surface area contributed by atoms with Crippen LogP contribution in [0, 0.1) is 5.92 Å². The normalized spacial score (nSPS) is 19.7. The van der Waals surface area contributed by atoms with Crippen molar-refractivity contribution in [3.8, 4) is 0 Å². The first-order valence-electron chi connectivity index (χ1n) is 6.23. The maximum Gasteiger partial charge on any atom is 0.0928 e. The van der Waals surface area contributed by atoms with Crippen LogP contribution in [-0.2, 0) is 9.47 Å². The molecule has 16 heavy (non-hydrogen) atoms. The highest BCUT2D eigenvalue weighted by Crippen LogP contribution is 2.32. The second kappa shape index (κ2) is 8.01. The molecular weight excluding hydrogens is 204 g/mol. The van der Waals surface area contributed by atoms with Crippen LogP contribution in [-0.4, -0.2) is 52.6 Å². The largest absolute Gasteiger partial charge is 0.382 e. The Labute approximate surface area is 99.1 Å². The molecule has 0 aromatic heterocycles. The Morgan fingerprint density at radius 1 is 1.25 bits per heavy atom. The fourth-order valence-corrected chi connectivity index (χ4v) is 1.81. The summed E-state index contributed by atoms with van der Waals surface area (Å²) in [7, 11) is 3.42. The number of ether oxygens (including phenoxy) is 2. The lowest BCUT2D eigenvalue weighted by Gasteiger charge is -2.16. The molecular formula is C12H26N2O2. The van der Waals surface area contributed by atoms with E-state index < -0.39 is 0 Å². The van der Waals surface area contributed by atoms with Crippen LogP contribution in [0.15, 0.2) is 0 Å². The van der Waals surface area contributed by atoms with Gasteiger partial charge in [-0.3, -0.25) is 0 Å². The van der Waals surface area contributed by atoms with Gasteiger partial charge in [0.25, 0.3) is 0 Å². The predicted octanol–water partition coefficient (Wildman–Crippen LogP) is 0.626. The summed E-state index contributed by atoms with van der Waals surface area (Å²) in [6.07, 6.45) is 2.97. The van der Waals surface area contributed by atoms with Crippen LogP contribution in [0.5, 0.6) is 0 Å². The van der Waals surface area contributed by atoms with Gasteiger partial charge in [0.05, 0.1) is 12.7 Å². The van der Waals surface area contributed by atoms with Gasteiger partial charge in [-0.05, 0) is 25.7 Å². The fraction of sp³-hybridized carbons (Fsp3) is 1.00. The highest BCUT2D eigenvalue weighted by Gasteiger charge is 2.26. The third-order valence-electron chi connectivity index (χ3n) is 3.16. The zero-order valence-corrected chi connectivity index (χ0v) is 10.8. The van der Waals surface area contributed by atoms with E-state index in [1.165, 1.54) is 12.8 Å². The Kier molecular flexibility index (Phi) is 6.96. The molecule has 1 rings (SSSR count). The second-order valence-electron chi connectivity index (χ2n) is 4.60. The average Bonchev–Trinajstić information content (AvgIpc) is 3.10. The molecule has 2 unspecified atom stereocenters. The molecule has 2 N–H and O–H groups in total. The first kappa shape index (κ1) is 13.9. The Hall–Kier alpha value is -0.160. The molecule has 2 atom stereocenters. The zero-order valence-electron chi connectivity index (χ0n) is 10.8. The van der Waals surface area contributed by atoms with Gasteiger partial charge < -0.3 is 20.1 Å². The van der Waals surface area contributed by atoms with E-state index in [4.69, 9.17) is 9.47 Å². The van der Waals surface area contributed by atoms with Gasteiger partial charge in [0, 0.05) is 39.9 Å². The molecule has 0 saturated heterocycles. The maximum atomic E-state index is 5.26. The molecule has 1 fully saturated rings. The third kappa shape index (κ3) is 5.80. The van der Waals surface area contributed by atoms with Crippen LogP contribution in [0.4, 0.5) is 0 Å². The molecule has 0 bridgehead atoms. The molecule has 96 valence electrons. The fourth-order valence-electron chi connectivity index (χ4n) is 1.81. The summed E-state index contributed by atoms with van der Waals surface area (Å²) in [5, 5.41) is 6.90. The Morgan fingerprint density at radius 3 is 2.56 bits per heavy atom. The lowest BCUT2D eigenvalue weighted by Crippen LogP contribution is -2.38. The summed E-state index contributed by atoms with van der Waals surface area (Å²) in [5.41, 5.74) is 0. The van der Waals surface area contributed by atoms with E-state index in [1.807, 2.05) is 0 Å². The Morgan fingerprint density at radius 2 is 2.00 bits per heavy atom. The number of hydrogen-bond acceptors (Lipinski definition) is 4. The maximum absolute atomic E-state index is 5.26. The van der Waals surface area contributed by atoms with Gasteiger partial charge in [-0.15, -0.1) is 0 Å². The first-order valence-corrected chi connectivity index (χ1v) is 6.23. The number of rotatable bonds is 10. The van der Waals surface area contributed by atoms with Crippen molar-refractivity contribution in [3.05, 3.63) is 0 Å². The summed E-state index contributed by atoms with van der Waals surface area (Å²) in [6.45, 7) is 5.79. The SMILES string of the molecule is COCC(CNCCNC(C)C1CC1)OC. The molecule has 0 amide bonds. The van der Waals surface area contributed by atoms with Gasteiger partial charge in [0.2, 0.25) is 0 Å². The van der Waals surface area contributed by atoms with Gasteiger partial charge in [-0.1, -0.05) is 0 Å². The standard InChI is InChI=1S/C12H26N2O2/c1-10(11-4-5-11)14-7-6-13-8-12(16-3)9-15-2/h10-14H,4-9H2,1-3H3. The minimum Gasteiger partial charge on any atom is -0.382 e. The summed E-state index contributed by atoms with van der Waals surface area (Å²) >= 11 is 0. The lowest BCUT2D eigenvalue weighted by molar-refractivity contribution is 0.0291. The van der Waals surface area contributed by atoms with Crippen molar-refractivity contribution >= 4 is 0 Å². The van der Waals surface area contributed by atoms with Gasteiger partial charge in [0.1, 0.15) is 0 Å². The summed E-state index contributed by atoms with van der Waals surface area (Å²) in [6, 6.07) is 0.680. The van der Waals surface area contributed by atoms with Crippen LogP contribution in [0.1, 0.15) is 19.8 Å². The predicted molar refractivity (Wildman–Crippen MR) is 65.7 cm³/mol. The van der Waals surface area contributed by atoms with Gasteiger partial charge in [-0.25, -0.2) is 0 Å². The molecule has 4 nitrogen and oxygen atoms in total. The Balaban J connectivity index is 1.89. The second-order valence-corrected chi connectivity index (χ2v) is 4.60. The number of methoxy groups -OCH3 is 2. The average molecular weight is 230 g/mol. The van der Waals surface area contributed by atoms with E-state index in [1.54, 1.807) is 14.2 Å². The highest BCUT2D eigenvalue weighted by molar-refractivity contribution is 4.83. The summed E-state index contributed by atoms with van der Waals surface area (Å²) in [5.74, 6) is 0.931. The van der Waals surface area contributed by atoms with Crippen molar-refractivity contribution in [1.29, 1.82) is 0 Å². The minimum atomic E-state index is 0.158. The van der Waals surface area contributed by atoms with Crippen molar-refractivity contribution in [2.75, 3.05) is 40.5 Å². The van der Waals surface area contributed by atoms with Gasteiger partial charge >= 0.3 is 0 Å². The minimum absolute atomic E-state index is 0.158. The third-order valence-corrected chi connectivity index (χ3v) is 3.16.